The molecular weight excluding hydrogens is 212 g/mol. The van der Waals surface area contributed by atoms with Crippen molar-refractivity contribution in [2.75, 3.05) is 0 Å². The van der Waals surface area contributed by atoms with Crippen LogP contribution >= 0.6 is 0 Å². The Hall–Kier alpha value is -2.75. The van der Waals surface area contributed by atoms with Crippen LogP contribution in [0.5, 0.6) is 0 Å². The predicted molar refractivity (Wildman–Crippen MR) is 53.7 cm³/mol. The molecule has 0 saturated carbocycles. The van der Waals surface area contributed by atoms with Gasteiger partial charge in [-0.2, -0.15) is 5.26 Å². The smallest absolute Gasteiger partial charge is 0.271 e. The minimum absolute atomic E-state index is 0.00954. The Bertz CT molecular complexity index is 683. The number of nitro groups is 1. The SMILES string of the molecule is N#Cc1cc([N+](=O)[O-])cc2c(=O)[nH]cnc12. The van der Waals surface area contributed by atoms with Gasteiger partial charge in [-0.3, -0.25) is 14.9 Å². The molecule has 1 aromatic heterocycles. The largest absolute Gasteiger partial charge is 0.313 e. The van der Waals surface area contributed by atoms with Gasteiger partial charge in [-0.1, -0.05) is 0 Å². The van der Waals surface area contributed by atoms with Crippen LogP contribution in [0.2, 0.25) is 0 Å². The van der Waals surface area contributed by atoms with Crippen LogP contribution in [-0.2, 0) is 0 Å². The fraction of sp³-hybridized carbons (Fsp3) is 0. The van der Waals surface area contributed by atoms with E-state index in [4.69, 9.17) is 5.26 Å². The van der Waals surface area contributed by atoms with Crippen molar-refractivity contribution in [1.82, 2.24) is 9.97 Å². The molecule has 0 amide bonds. The second-order valence-corrected chi connectivity index (χ2v) is 2.99. The molecule has 0 aliphatic heterocycles. The molecule has 7 nitrogen and oxygen atoms in total. The van der Waals surface area contributed by atoms with Crippen molar-refractivity contribution in [3.8, 4) is 6.07 Å². The molecule has 2 aromatic rings. The highest BCUT2D eigenvalue weighted by atomic mass is 16.6. The van der Waals surface area contributed by atoms with Gasteiger partial charge < -0.3 is 4.98 Å². The molecule has 0 bridgehead atoms. The Morgan fingerprint density at radius 1 is 1.50 bits per heavy atom. The monoisotopic (exact) mass is 216 g/mol. The fourth-order valence-corrected chi connectivity index (χ4v) is 1.36. The summed E-state index contributed by atoms with van der Waals surface area (Å²) in [5.74, 6) is 0. The number of nitro benzene ring substituents is 1. The average molecular weight is 216 g/mol. The highest BCUT2D eigenvalue weighted by Gasteiger charge is 2.13. The first-order valence-electron chi connectivity index (χ1n) is 4.19. The lowest BCUT2D eigenvalue weighted by atomic mass is 10.1. The van der Waals surface area contributed by atoms with E-state index in [1.165, 1.54) is 0 Å². The Morgan fingerprint density at radius 3 is 2.88 bits per heavy atom. The standard InChI is InChI=1S/C9H4N4O3/c10-3-5-1-6(13(15)16)2-7-8(5)11-4-12-9(7)14/h1-2,4H,(H,11,12,14). The predicted octanol–water partition coefficient (Wildman–Crippen LogP) is 0.703. The quantitative estimate of drug-likeness (QED) is 0.556. The second kappa shape index (κ2) is 3.43. The average Bonchev–Trinajstić information content (AvgIpc) is 2.28. The molecule has 2 rings (SSSR count). The van der Waals surface area contributed by atoms with Crippen LogP contribution in [0.15, 0.2) is 23.3 Å². The molecule has 0 atom stereocenters. The fourth-order valence-electron chi connectivity index (χ4n) is 1.36. The minimum Gasteiger partial charge on any atom is -0.313 e. The number of non-ortho nitro benzene ring substituents is 1. The third-order valence-corrected chi connectivity index (χ3v) is 2.06. The zero-order valence-corrected chi connectivity index (χ0v) is 7.80. The van der Waals surface area contributed by atoms with Crippen LogP contribution in [-0.4, -0.2) is 14.9 Å². The lowest BCUT2D eigenvalue weighted by Gasteiger charge is -1.98. The summed E-state index contributed by atoms with van der Waals surface area (Å²) < 4.78 is 0. The van der Waals surface area contributed by atoms with Crippen molar-refractivity contribution in [1.29, 1.82) is 5.26 Å². The van der Waals surface area contributed by atoms with Crippen molar-refractivity contribution >= 4 is 16.6 Å². The number of hydrogen-bond acceptors (Lipinski definition) is 5. The van der Waals surface area contributed by atoms with Gasteiger partial charge in [-0.15, -0.1) is 0 Å². The third-order valence-electron chi connectivity index (χ3n) is 2.06. The Labute approximate surface area is 88.1 Å². The summed E-state index contributed by atoms with van der Waals surface area (Å²) in [5.41, 5.74) is -0.639. The molecular formula is C9H4N4O3. The van der Waals surface area contributed by atoms with E-state index in [1.54, 1.807) is 6.07 Å². The van der Waals surface area contributed by atoms with Crippen molar-refractivity contribution in [3.05, 3.63) is 44.5 Å². The van der Waals surface area contributed by atoms with E-state index in [-0.39, 0.29) is 22.2 Å². The van der Waals surface area contributed by atoms with E-state index in [2.05, 4.69) is 9.97 Å². The molecule has 7 heteroatoms. The van der Waals surface area contributed by atoms with E-state index in [0.717, 1.165) is 18.5 Å². The first kappa shape index (κ1) is 9.79. The number of nitrogens with zero attached hydrogens (tertiary/aromatic N) is 3. The lowest BCUT2D eigenvalue weighted by Crippen LogP contribution is -2.07. The van der Waals surface area contributed by atoms with Gasteiger partial charge in [0.2, 0.25) is 0 Å². The Kier molecular flexibility index (Phi) is 2.10. The summed E-state index contributed by atoms with van der Waals surface area (Å²) in [4.78, 5) is 27.4. The van der Waals surface area contributed by atoms with Crippen LogP contribution in [0.3, 0.4) is 0 Å². The molecule has 1 aromatic carbocycles. The number of nitrogens with one attached hydrogen (secondary N) is 1. The van der Waals surface area contributed by atoms with E-state index in [9.17, 15) is 14.9 Å². The summed E-state index contributed by atoms with van der Waals surface area (Å²) in [7, 11) is 0. The maximum absolute atomic E-state index is 11.4. The molecule has 0 radical (unpaired) electrons. The number of benzene rings is 1. The summed E-state index contributed by atoms with van der Waals surface area (Å²) in [6.07, 6.45) is 1.15. The lowest BCUT2D eigenvalue weighted by molar-refractivity contribution is -0.384. The molecule has 0 saturated heterocycles. The van der Waals surface area contributed by atoms with E-state index < -0.39 is 10.5 Å². The molecule has 1 heterocycles. The minimum atomic E-state index is -0.660. The number of fused-ring (bicyclic) bond motifs is 1. The number of hydrogen-bond donors (Lipinski definition) is 1. The second-order valence-electron chi connectivity index (χ2n) is 2.99. The number of rotatable bonds is 1. The highest BCUT2D eigenvalue weighted by molar-refractivity contribution is 5.85. The zero-order chi connectivity index (χ0) is 11.7. The number of nitriles is 1. The molecule has 16 heavy (non-hydrogen) atoms. The first-order valence-corrected chi connectivity index (χ1v) is 4.19. The van der Waals surface area contributed by atoms with Gasteiger partial charge in [-0.25, -0.2) is 4.98 Å². The van der Waals surface area contributed by atoms with E-state index >= 15 is 0 Å². The number of H-pyrrole nitrogens is 1. The Balaban J connectivity index is 2.97. The van der Waals surface area contributed by atoms with Crippen LogP contribution in [0, 0.1) is 21.4 Å². The van der Waals surface area contributed by atoms with Crippen LogP contribution in [0.4, 0.5) is 5.69 Å². The highest BCUT2D eigenvalue weighted by Crippen LogP contribution is 2.20. The van der Waals surface area contributed by atoms with Gasteiger partial charge in [0.1, 0.15) is 6.07 Å². The molecule has 0 aliphatic rings. The van der Waals surface area contributed by atoms with Gasteiger partial charge in [0, 0.05) is 12.1 Å². The number of aromatic amines is 1. The molecule has 0 fully saturated rings. The van der Waals surface area contributed by atoms with Gasteiger partial charge in [0.25, 0.3) is 11.2 Å². The van der Waals surface area contributed by atoms with Gasteiger partial charge in [-0.05, 0) is 0 Å². The normalized spacial score (nSPS) is 9.94. The van der Waals surface area contributed by atoms with Gasteiger partial charge >= 0.3 is 0 Å². The summed E-state index contributed by atoms with van der Waals surface area (Å²) in [6.45, 7) is 0. The van der Waals surface area contributed by atoms with E-state index in [0.29, 0.717) is 0 Å². The van der Waals surface area contributed by atoms with Crippen molar-refractivity contribution in [3.63, 3.8) is 0 Å². The third kappa shape index (κ3) is 1.38. The Morgan fingerprint density at radius 2 is 2.25 bits per heavy atom. The van der Waals surface area contributed by atoms with Crippen LogP contribution < -0.4 is 5.56 Å². The van der Waals surface area contributed by atoms with Gasteiger partial charge in [0.15, 0.2) is 0 Å². The molecule has 0 unspecified atom stereocenters. The molecule has 0 aliphatic carbocycles. The maximum atomic E-state index is 11.4. The molecule has 0 spiro atoms. The van der Waals surface area contributed by atoms with Crippen molar-refractivity contribution < 1.29 is 4.92 Å². The number of aromatic nitrogens is 2. The summed E-state index contributed by atoms with van der Waals surface area (Å²) >= 11 is 0. The van der Waals surface area contributed by atoms with E-state index in [1.807, 2.05) is 0 Å². The zero-order valence-electron chi connectivity index (χ0n) is 7.80. The van der Waals surface area contributed by atoms with Gasteiger partial charge in [0.05, 0.1) is 27.7 Å². The molecule has 78 valence electrons. The van der Waals surface area contributed by atoms with Crippen LogP contribution in [0.25, 0.3) is 10.9 Å². The van der Waals surface area contributed by atoms with Crippen molar-refractivity contribution in [2.24, 2.45) is 0 Å². The first-order chi connectivity index (χ1) is 7.63. The summed E-state index contributed by atoms with van der Waals surface area (Å²) in [6, 6.07) is 3.96. The van der Waals surface area contributed by atoms with Crippen molar-refractivity contribution in [2.45, 2.75) is 0 Å². The van der Waals surface area contributed by atoms with Crippen LogP contribution in [0.1, 0.15) is 5.56 Å². The topological polar surface area (TPSA) is 113 Å². The molecule has 1 N–H and O–H groups in total. The summed E-state index contributed by atoms with van der Waals surface area (Å²) in [5, 5.41) is 19.4. The maximum Gasteiger partial charge on any atom is 0.271 e.